The maximum atomic E-state index is 13.6. The SMILES string of the molecule is COc1ccc2c(c1F)CC(N)C2. The molecule has 1 atom stereocenters. The molecule has 1 aliphatic carbocycles. The largest absolute Gasteiger partial charge is 0.494 e. The molecule has 0 aromatic heterocycles. The molecule has 2 N–H and O–H groups in total. The van der Waals surface area contributed by atoms with Crippen molar-refractivity contribution in [2.75, 3.05) is 7.11 Å². The lowest BCUT2D eigenvalue weighted by Crippen LogP contribution is -2.19. The monoisotopic (exact) mass is 181 g/mol. The molecule has 0 radical (unpaired) electrons. The molecule has 2 rings (SSSR count). The molecule has 3 heteroatoms. The van der Waals surface area contributed by atoms with Crippen molar-refractivity contribution in [3.8, 4) is 5.75 Å². The third kappa shape index (κ3) is 1.29. The average Bonchev–Trinajstić information content (AvgIpc) is 2.47. The van der Waals surface area contributed by atoms with E-state index in [0.717, 1.165) is 17.5 Å². The van der Waals surface area contributed by atoms with E-state index < -0.39 is 0 Å². The van der Waals surface area contributed by atoms with Crippen molar-refractivity contribution in [2.45, 2.75) is 18.9 Å². The van der Waals surface area contributed by atoms with Crippen molar-refractivity contribution in [3.63, 3.8) is 0 Å². The molecule has 13 heavy (non-hydrogen) atoms. The Hall–Kier alpha value is -1.09. The summed E-state index contributed by atoms with van der Waals surface area (Å²) in [6.07, 6.45) is 1.40. The first kappa shape index (κ1) is 8.51. The highest BCUT2D eigenvalue weighted by Gasteiger charge is 2.23. The van der Waals surface area contributed by atoms with Gasteiger partial charge in [0, 0.05) is 6.04 Å². The number of nitrogens with two attached hydrogens (primary N) is 1. The zero-order chi connectivity index (χ0) is 9.42. The minimum atomic E-state index is -0.243. The molecule has 0 heterocycles. The fraction of sp³-hybridized carbons (Fsp3) is 0.400. The van der Waals surface area contributed by atoms with Gasteiger partial charge in [-0.3, -0.25) is 0 Å². The molecule has 0 aliphatic heterocycles. The van der Waals surface area contributed by atoms with Crippen LogP contribution in [0.15, 0.2) is 12.1 Å². The van der Waals surface area contributed by atoms with E-state index in [4.69, 9.17) is 10.5 Å². The van der Waals surface area contributed by atoms with Gasteiger partial charge in [0.1, 0.15) is 0 Å². The average molecular weight is 181 g/mol. The van der Waals surface area contributed by atoms with Crippen molar-refractivity contribution in [3.05, 3.63) is 29.1 Å². The number of hydrogen-bond acceptors (Lipinski definition) is 2. The predicted molar refractivity (Wildman–Crippen MR) is 48.3 cm³/mol. The Labute approximate surface area is 76.5 Å². The van der Waals surface area contributed by atoms with Crippen LogP contribution in [0.4, 0.5) is 4.39 Å². The fourth-order valence-corrected chi connectivity index (χ4v) is 1.83. The van der Waals surface area contributed by atoms with Crippen molar-refractivity contribution >= 4 is 0 Å². The van der Waals surface area contributed by atoms with Gasteiger partial charge in [-0.05, 0) is 30.0 Å². The van der Waals surface area contributed by atoms with E-state index in [9.17, 15) is 4.39 Å². The number of benzene rings is 1. The third-order valence-electron chi connectivity index (χ3n) is 2.47. The maximum absolute atomic E-state index is 13.6. The topological polar surface area (TPSA) is 35.2 Å². The van der Waals surface area contributed by atoms with Crippen LogP contribution in [0.25, 0.3) is 0 Å². The third-order valence-corrected chi connectivity index (χ3v) is 2.47. The summed E-state index contributed by atoms with van der Waals surface area (Å²) in [5, 5.41) is 0. The fourth-order valence-electron chi connectivity index (χ4n) is 1.83. The Morgan fingerprint density at radius 1 is 1.46 bits per heavy atom. The van der Waals surface area contributed by atoms with E-state index in [1.54, 1.807) is 6.07 Å². The lowest BCUT2D eigenvalue weighted by molar-refractivity contribution is 0.384. The van der Waals surface area contributed by atoms with Crippen LogP contribution in [0.2, 0.25) is 0 Å². The quantitative estimate of drug-likeness (QED) is 0.708. The predicted octanol–water partition coefficient (Wildman–Crippen LogP) is 1.26. The molecule has 0 spiro atoms. The Morgan fingerprint density at radius 3 is 2.92 bits per heavy atom. The number of methoxy groups -OCH3 is 1. The van der Waals surface area contributed by atoms with Gasteiger partial charge in [-0.25, -0.2) is 4.39 Å². The number of ether oxygens (including phenoxy) is 1. The minimum absolute atomic E-state index is 0.0663. The summed E-state index contributed by atoms with van der Waals surface area (Å²) in [7, 11) is 1.47. The van der Waals surface area contributed by atoms with Gasteiger partial charge in [0.15, 0.2) is 11.6 Å². The van der Waals surface area contributed by atoms with Crippen molar-refractivity contribution in [2.24, 2.45) is 5.73 Å². The molecule has 0 bridgehead atoms. The normalized spacial score (nSPS) is 20.1. The molecular formula is C10H12FNO. The second kappa shape index (κ2) is 3.00. The van der Waals surface area contributed by atoms with Crippen LogP contribution < -0.4 is 10.5 Å². The van der Waals surface area contributed by atoms with E-state index in [1.165, 1.54) is 7.11 Å². The summed E-state index contributed by atoms with van der Waals surface area (Å²) in [4.78, 5) is 0. The van der Waals surface area contributed by atoms with E-state index in [1.807, 2.05) is 6.07 Å². The Kier molecular flexibility index (Phi) is 1.96. The first-order chi connectivity index (χ1) is 6.22. The zero-order valence-corrected chi connectivity index (χ0v) is 7.51. The molecule has 2 nitrogen and oxygen atoms in total. The number of fused-ring (bicyclic) bond motifs is 1. The summed E-state index contributed by atoms with van der Waals surface area (Å²) in [5.41, 5.74) is 7.49. The van der Waals surface area contributed by atoms with Crippen LogP contribution in [-0.2, 0) is 12.8 Å². The summed E-state index contributed by atoms with van der Waals surface area (Å²) >= 11 is 0. The molecule has 1 unspecified atom stereocenters. The lowest BCUT2D eigenvalue weighted by Gasteiger charge is -2.05. The van der Waals surface area contributed by atoms with Crippen LogP contribution in [0, 0.1) is 5.82 Å². The molecule has 0 saturated heterocycles. The second-order valence-corrected chi connectivity index (χ2v) is 3.39. The van der Waals surface area contributed by atoms with Gasteiger partial charge in [-0.1, -0.05) is 6.07 Å². The molecular weight excluding hydrogens is 169 g/mol. The Bertz CT molecular complexity index is 338. The van der Waals surface area contributed by atoms with E-state index in [-0.39, 0.29) is 11.9 Å². The number of hydrogen-bond donors (Lipinski definition) is 1. The van der Waals surface area contributed by atoms with Crippen LogP contribution in [0.3, 0.4) is 0 Å². The van der Waals surface area contributed by atoms with Gasteiger partial charge in [-0.15, -0.1) is 0 Å². The van der Waals surface area contributed by atoms with E-state index in [0.29, 0.717) is 12.2 Å². The first-order valence-corrected chi connectivity index (χ1v) is 4.32. The Morgan fingerprint density at radius 2 is 2.23 bits per heavy atom. The van der Waals surface area contributed by atoms with Gasteiger partial charge >= 0.3 is 0 Å². The highest BCUT2D eigenvalue weighted by molar-refractivity contribution is 5.41. The van der Waals surface area contributed by atoms with Gasteiger partial charge < -0.3 is 10.5 Å². The van der Waals surface area contributed by atoms with Gasteiger partial charge in [0.05, 0.1) is 7.11 Å². The van der Waals surface area contributed by atoms with Gasteiger partial charge in [0.2, 0.25) is 0 Å². The molecule has 1 aromatic rings. The molecule has 1 aromatic carbocycles. The molecule has 0 amide bonds. The molecule has 0 fully saturated rings. The number of halogens is 1. The van der Waals surface area contributed by atoms with Crippen LogP contribution in [-0.4, -0.2) is 13.2 Å². The highest BCUT2D eigenvalue weighted by atomic mass is 19.1. The van der Waals surface area contributed by atoms with E-state index >= 15 is 0 Å². The molecule has 70 valence electrons. The van der Waals surface area contributed by atoms with Crippen molar-refractivity contribution in [1.82, 2.24) is 0 Å². The van der Waals surface area contributed by atoms with Crippen molar-refractivity contribution < 1.29 is 9.13 Å². The first-order valence-electron chi connectivity index (χ1n) is 4.32. The van der Waals surface area contributed by atoms with E-state index in [2.05, 4.69) is 0 Å². The summed E-state index contributed by atoms with van der Waals surface area (Å²) in [6, 6.07) is 3.62. The molecule has 1 aliphatic rings. The van der Waals surface area contributed by atoms with Gasteiger partial charge in [-0.2, -0.15) is 0 Å². The maximum Gasteiger partial charge on any atom is 0.168 e. The molecule has 0 saturated carbocycles. The second-order valence-electron chi connectivity index (χ2n) is 3.39. The van der Waals surface area contributed by atoms with Gasteiger partial charge in [0.25, 0.3) is 0 Å². The summed E-state index contributed by atoms with van der Waals surface area (Å²) in [6.45, 7) is 0. The Balaban J connectivity index is 2.48. The van der Waals surface area contributed by atoms with Crippen molar-refractivity contribution in [1.29, 1.82) is 0 Å². The smallest absolute Gasteiger partial charge is 0.168 e. The number of rotatable bonds is 1. The minimum Gasteiger partial charge on any atom is -0.494 e. The van der Waals surface area contributed by atoms with Crippen LogP contribution in [0.1, 0.15) is 11.1 Å². The summed E-state index contributed by atoms with van der Waals surface area (Å²) in [5.74, 6) is 0.0702. The van der Waals surface area contributed by atoms with Crippen LogP contribution >= 0.6 is 0 Å². The zero-order valence-electron chi connectivity index (χ0n) is 7.51. The standard InChI is InChI=1S/C10H12FNO/c1-13-9-3-2-6-4-7(12)5-8(6)10(9)11/h2-3,7H,4-5,12H2,1H3. The van der Waals surface area contributed by atoms with Crippen LogP contribution in [0.5, 0.6) is 5.75 Å². The highest BCUT2D eigenvalue weighted by Crippen LogP contribution is 2.29. The summed E-state index contributed by atoms with van der Waals surface area (Å²) < 4.78 is 18.5. The lowest BCUT2D eigenvalue weighted by atomic mass is 10.1.